The Morgan fingerprint density at radius 3 is 2.46 bits per heavy atom. The summed E-state index contributed by atoms with van der Waals surface area (Å²) in [5.74, 6) is 0.632. The van der Waals surface area contributed by atoms with Gasteiger partial charge in [-0.3, -0.25) is 14.7 Å². The summed E-state index contributed by atoms with van der Waals surface area (Å²) in [5, 5.41) is 3.87. The van der Waals surface area contributed by atoms with Crippen LogP contribution in [0.25, 0.3) is 28.0 Å². The van der Waals surface area contributed by atoms with E-state index in [4.69, 9.17) is 10.7 Å². The van der Waals surface area contributed by atoms with Gasteiger partial charge < -0.3 is 20.9 Å². The first-order valence-electron chi connectivity index (χ1n) is 11.7. The molecule has 0 saturated carbocycles. The molecule has 4 heterocycles. The smallest absolute Gasteiger partial charge is 0.229 e. The largest absolute Gasteiger partial charge is 0.383 e. The molecule has 1 saturated heterocycles. The van der Waals surface area contributed by atoms with E-state index < -0.39 is 10.9 Å². The summed E-state index contributed by atoms with van der Waals surface area (Å²) in [6.45, 7) is 7.85. The highest BCUT2D eigenvalue weighted by Gasteiger charge is 2.16. The van der Waals surface area contributed by atoms with Crippen LogP contribution in [0.2, 0.25) is 0 Å². The van der Waals surface area contributed by atoms with Crippen molar-refractivity contribution in [2.75, 3.05) is 49.2 Å². The average Bonchev–Trinajstić information content (AvgIpc) is 2.89. The monoisotopic (exact) mass is 517 g/mol. The van der Waals surface area contributed by atoms with Gasteiger partial charge >= 0.3 is 0 Å². The highest BCUT2D eigenvalue weighted by Crippen LogP contribution is 2.29. The summed E-state index contributed by atoms with van der Waals surface area (Å²) in [5.41, 5.74) is 10.6. The molecule has 4 N–H and O–H groups in total. The summed E-state index contributed by atoms with van der Waals surface area (Å²) < 4.78 is 24.4. The molecule has 3 aromatic heterocycles. The minimum atomic E-state index is -2.83. The van der Waals surface area contributed by atoms with E-state index in [0.717, 1.165) is 31.9 Å². The fourth-order valence-corrected chi connectivity index (χ4v) is 4.54. The van der Waals surface area contributed by atoms with Crippen molar-refractivity contribution in [2.45, 2.75) is 0 Å². The Morgan fingerprint density at radius 1 is 1.00 bits per heavy atom. The van der Waals surface area contributed by atoms with Gasteiger partial charge in [-0.15, -0.1) is 0 Å². The predicted octanol–water partition coefficient (Wildman–Crippen LogP) is 2.25. The van der Waals surface area contributed by atoms with Crippen LogP contribution >= 0.6 is 0 Å². The van der Waals surface area contributed by atoms with Crippen LogP contribution in [0.5, 0.6) is 0 Å². The molecule has 37 heavy (non-hydrogen) atoms. The molecule has 1 fully saturated rings. The van der Waals surface area contributed by atoms with Crippen molar-refractivity contribution in [3.05, 3.63) is 67.0 Å². The Bertz CT molecular complexity index is 1520. The Balaban J connectivity index is 1.44. The standard InChI is InChI=1S/C25H27N9O2S/c1-16(32-37(35)36)17-7-9-27-21(15-17)23-22-20(8-10-28-23)24(26)31-25(30-22)29-18-3-5-19(6-4-18)34-13-11-33(2)12-14-34/h3-10,15,37H,1,11-14H2,2H3,(H,32,35,36)(H3,26,29,30,31). The molecule has 5 rings (SSSR count). The normalized spacial score (nSPS) is 14.2. The highest BCUT2D eigenvalue weighted by molar-refractivity contribution is 7.70. The molecule has 0 unspecified atom stereocenters. The van der Waals surface area contributed by atoms with Crippen molar-refractivity contribution in [1.29, 1.82) is 0 Å². The first-order chi connectivity index (χ1) is 17.9. The van der Waals surface area contributed by atoms with Crippen molar-refractivity contribution in [3.8, 4) is 11.4 Å². The number of nitrogens with one attached hydrogen (secondary N) is 2. The Labute approximate surface area is 216 Å². The average molecular weight is 518 g/mol. The molecule has 0 radical (unpaired) electrons. The topological polar surface area (TPSA) is 142 Å². The van der Waals surface area contributed by atoms with Crippen LogP contribution in [0.4, 0.5) is 23.1 Å². The number of anilines is 4. The fraction of sp³-hybridized carbons (Fsp3) is 0.200. The van der Waals surface area contributed by atoms with Crippen LogP contribution in [0, 0.1) is 0 Å². The van der Waals surface area contributed by atoms with Crippen molar-refractivity contribution in [1.82, 2.24) is 29.6 Å². The zero-order chi connectivity index (χ0) is 25.9. The summed E-state index contributed by atoms with van der Waals surface area (Å²) in [6, 6.07) is 13.2. The lowest BCUT2D eigenvalue weighted by atomic mass is 10.1. The van der Waals surface area contributed by atoms with Crippen LogP contribution in [0.1, 0.15) is 5.56 Å². The van der Waals surface area contributed by atoms with Gasteiger partial charge in [0, 0.05) is 66.6 Å². The first kappa shape index (κ1) is 24.4. The van der Waals surface area contributed by atoms with Gasteiger partial charge in [0.1, 0.15) is 17.0 Å². The van der Waals surface area contributed by atoms with Crippen LogP contribution in [-0.4, -0.2) is 66.5 Å². The molecule has 0 amide bonds. The van der Waals surface area contributed by atoms with Crippen LogP contribution < -0.4 is 20.7 Å². The number of pyridine rings is 2. The number of piperazine rings is 1. The lowest BCUT2D eigenvalue weighted by molar-refractivity contribution is 0.313. The Morgan fingerprint density at radius 2 is 1.73 bits per heavy atom. The third-order valence-corrected chi connectivity index (χ3v) is 6.67. The molecule has 11 nitrogen and oxygen atoms in total. The Hall–Kier alpha value is -4.29. The number of hydrogen-bond acceptors (Lipinski definition) is 10. The zero-order valence-electron chi connectivity index (χ0n) is 20.3. The molecule has 4 aromatic rings. The van der Waals surface area contributed by atoms with E-state index in [9.17, 15) is 8.42 Å². The second kappa shape index (κ2) is 10.4. The Kier molecular flexibility index (Phi) is 6.84. The first-order valence-corrected chi connectivity index (χ1v) is 12.8. The number of nitrogens with zero attached hydrogens (tertiary/aromatic N) is 6. The van der Waals surface area contributed by atoms with E-state index in [1.807, 2.05) is 12.1 Å². The van der Waals surface area contributed by atoms with E-state index >= 15 is 0 Å². The number of nitrogens with two attached hydrogens (primary N) is 1. The lowest BCUT2D eigenvalue weighted by Crippen LogP contribution is -2.44. The van der Waals surface area contributed by atoms with Gasteiger partial charge in [0.2, 0.25) is 16.8 Å². The molecule has 1 aromatic carbocycles. The van der Waals surface area contributed by atoms with Gasteiger partial charge in [-0.1, -0.05) is 6.58 Å². The number of benzene rings is 1. The summed E-state index contributed by atoms with van der Waals surface area (Å²) in [4.78, 5) is 22.7. The van der Waals surface area contributed by atoms with E-state index in [1.54, 1.807) is 30.6 Å². The fourth-order valence-electron chi connectivity index (χ4n) is 4.19. The van der Waals surface area contributed by atoms with Crippen LogP contribution in [0.3, 0.4) is 0 Å². The zero-order valence-corrected chi connectivity index (χ0v) is 21.2. The van der Waals surface area contributed by atoms with Crippen molar-refractivity contribution >= 4 is 50.6 Å². The third-order valence-electron chi connectivity index (χ3n) is 6.21. The summed E-state index contributed by atoms with van der Waals surface area (Å²) in [6.07, 6.45) is 3.17. The molecular weight excluding hydrogens is 490 g/mol. The van der Waals surface area contributed by atoms with E-state index in [-0.39, 0.29) is 5.70 Å². The second-order valence-electron chi connectivity index (χ2n) is 8.73. The molecular formula is C25H27N9O2S. The SMILES string of the molecule is C=C(N[SH](=O)=O)c1ccnc(-c2nccc3c(N)nc(Nc4ccc(N5CCN(C)CC5)cc4)nc23)c1. The molecule has 0 spiro atoms. The number of thiol groups is 1. The minimum Gasteiger partial charge on any atom is -0.383 e. The quantitative estimate of drug-likeness (QED) is 0.270. The predicted molar refractivity (Wildman–Crippen MR) is 147 cm³/mol. The lowest BCUT2D eigenvalue weighted by Gasteiger charge is -2.34. The van der Waals surface area contributed by atoms with Gasteiger partial charge in [-0.05, 0) is 49.5 Å². The van der Waals surface area contributed by atoms with E-state index in [2.05, 4.69) is 60.5 Å². The van der Waals surface area contributed by atoms with E-state index in [1.165, 1.54) is 5.69 Å². The molecule has 1 aliphatic rings. The molecule has 12 heteroatoms. The second-order valence-corrected chi connectivity index (χ2v) is 9.47. The minimum absolute atomic E-state index is 0.233. The maximum absolute atomic E-state index is 11.0. The van der Waals surface area contributed by atoms with Gasteiger partial charge in [-0.25, -0.2) is 13.4 Å². The number of aromatic nitrogens is 4. The van der Waals surface area contributed by atoms with Crippen LogP contribution in [-0.2, 0) is 10.9 Å². The maximum Gasteiger partial charge on any atom is 0.229 e. The molecule has 0 bridgehead atoms. The number of fused-ring (bicyclic) bond motifs is 1. The number of hydrogen-bond donors (Lipinski definition) is 4. The van der Waals surface area contributed by atoms with Gasteiger partial charge in [0.05, 0.1) is 5.69 Å². The van der Waals surface area contributed by atoms with Crippen molar-refractivity contribution in [3.63, 3.8) is 0 Å². The van der Waals surface area contributed by atoms with Crippen molar-refractivity contribution < 1.29 is 8.42 Å². The third kappa shape index (κ3) is 5.44. The number of rotatable bonds is 7. The van der Waals surface area contributed by atoms with Crippen molar-refractivity contribution in [2.24, 2.45) is 0 Å². The summed E-state index contributed by atoms with van der Waals surface area (Å²) >= 11 is 0. The van der Waals surface area contributed by atoms with E-state index in [0.29, 0.717) is 39.6 Å². The number of likely N-dealkylation sites (N-methyl/N-ethyl adjacent to an activating group) is 1. The van der Waals surface area contributed by atoms with Gasteiger partial charge in [0.15, 0.2) is 0 Å². The van der Waals surface area contributed by atoms with Crippen LogP contribution in [0.15, 0.2) is 61.4 Å². The van der Waals surface area contributed by atoms with Gasteiger partial charge in [-0.2, -0.15) is 4.98 Å². The maximum atomic E-state index is 11.0. The molecule has 1 aliphatic heterocycles. The molecule has 0 atom stereocenters. The molecule has 0 aliphatic carbocycles. The molecule has 190 valence electrons. The number of nitrogen functional groups attached to an aromatic ring is 1. The summed E-state index contributed by atoms with van der Waals surface area (Å²) in [7, 11) is -0.694. The van der Waals surface area contributed by atoms with Gasteiger partial charge in [0.25, 0.3) is 0 Å². The highest BCUT2D eigenvalue weighted by atomic mass is 32.2.